The Morgan fingerprint density at radius 3 is 1.25 bits per heavy atom. The van der Waals surface area contributed by atoms with E-state index in [4.69, 9.17) is 172 Å². The first kappa shape index (κ1) is 104. The number of hydrogen-bond acceptors (Lipinski definition) is 32. The van der Waals surface area contributed by atoms with Crippen molar-refractivity contribution in [2.24, 2.45) is 0 Å². The third kappa shape index (κ3) is 20.2. The SMILES string of the molecule is CC1(C)O[C@@H]2[C@@H](CO)OC(c3cn(S(=O)(=O)c4ccccc4)c4c(Cl)nc(Cl)nc34)[C@@H]2O1.CC[C@H]1O[C@@](O)(c2cn(S(=O)(=O)c3ccccc3)c3c(Cl)nc(Cl)nc23)[C@@H]2OC(C)(C)O[C@@H]21.Clc1nc(Cl)c2c(n1)C(Br)=CC2.Clc1nc(Cl)c2c(n1)C=CC2.O=S(=O)(c1ccccc1)n1cc(Br)c2nc(Cl)nc(Cl)c21.O=S(=O)(c1ccccc1)n1cc(C2O[C@H](CO)[C@@H](O)[C@H]2O)c2nc(Cl)nc(Cl)c21. The lowest BCUT2D eigenvalue weighted by Gasteiger charge is -2.29. The van der Waals surface area contributed by atoms with Crippen molar-refractivity contribution in [1.82, 2.24) is 75.7 Å². The van der Waals surface area contributed by atoms with Crippen molar-refractivity contribution in [1.29, 1.82) is 0 Å². The minimum atomic E-state index is -4.13. The smallest absolute Gasteiger partial charge is 0.268 e. The van der Waals surface area contributed by atoms with Gasteiger partial charge in [-0.05, 0) is 203 Å². The van der Waals surface area contributed by atoms with Crippen molar-refractivity contribution in [2.75, 3.05) is 13.2 Å². The van der Waals surface area contributed by atoms with E-state index in [1.54, 1.807) is 100 Å². The normalized spacial score (nSPS) is 22.6. The second-order valence-corrected chi connectivity index (χ2v) is 44.7. The molecule has 2 unspecified atom stereocenters. The second-order valence-electron chi connectivity index (χ2n) is 31.6. The molecule has 21 rings (SSSR count). The molecule has 54 heteroatoms. The van der Waals surface area contributed by atoms with Crippen molar-refractivity contribution in [2.45, 2.75) is 158 Å². The maximum absolute atomic E-state index is 13.5. The van der Waals surface area contributed by atoms with Gasteiger partial charge in [0.25, 0.3) is 40.1 Å². The van der Waals surface area contributed by atoms with E-state index >= 15 is 0 Å². The van der Waals surface area contributed by atoms with Crippen molar-refractivity contribution in [3.63, 3.8) is 0 Å². The summed E-state index contributed by atoms with van der Waals surface area (Å²) in [6.45, 7) is 8.04. The number of halogens is 14. The van der Waals surface area contributed by atoms with Gasteiger partial charge >= 0.3 is 0 Å². The molecule has 0 spiro atoms. The lowest BCUT2D eigenvalue weighted by Crippen LogP contribution is -2.40. The molecular weight excluding hydrogens is 2270 g/mol. The van der Waals surface area contributed by atoms with Gasteiger partial charge < -0.3 is 58.7 Å². The molecule has 5 fully saturated rings. The van der Waals surface area contributed by atoms with Crippen LogP contribution in [-0.2, 0) is 91.9 Å². The highest BCUT2D eigenvalue weighted by molar-refractivity contribution is 9.15. The van der Waals surface area contributed by atoms with E-state index < -0.39 is 131 Å². The molecule has 2 aliphatic carbocycles. The number of ether oxygens (including phenoxy) is 7. The fourth-order valence-corrected chi connectivity index (χ4v) is 25.7. The maximum atomic E-state index is 13.5. The molecule has 14 aromatic rings. The lowest BCUT2D eigenvalue weighted by molar-refractivity contribution is -0.280. The Kier molecular flexibility index (Phi) is 30.6. The second kappa shape index (κ2) is 40.8. The molecule has 7 aliphatic rings. The summed E-state index contributed by atoms with van der Waals surface area (Å²) in [5.41, 5.74) is 4.90. The molecule has 726 valence electrons. The molecule has 4 aromatic carbocycles. The number of aliphatic hydroxyl groups excluding tert-OH is 4. The van der Waals surface area contributed by atoms with Crippen LogP contribution in [0.4, 0.5) is 0 Å². The molecule has 0 bridgehead atoms. The average molecular weight is 2340 g/mol. The average Bonchev–Trinajstić information content (AvgIpc) is 1.54. The van der Waals surface area contributed by atoms with Crippen LogP contribution in [0.5, 0.6) is 0 Å². The molecular formula is C84H68Br2Cl12N16O20S4. The fraction of sp³-hybridized carbons (Fsp3) is 0.286. The first-order valence-corrected chi connectivity index (χ1v) is 52.4. The Bertz CT molecular complexity index is 7680. The standard InChI is InChI=1S/C21H21Cl2N3O6S.C20H19Cl2N3O6S.C17H15Cl2N3O6S.C12H6BrCl2N3O2S.C7H3BrCl2N2.C7H4Cl2N2/c1-4-13-16-17(32-20(2,3)31-16)21(27,30-13)12-10-26(15-14(12)24-19(23)25-18(15)22)33(28,29)11-8-6-5-7-9-11;1-20(2)30-16-12(9-26)29-15(17(16)31-20)11-8-25(14-13(11)23-19(22)24-18(14)21)32(27,28)10-6-4-3-5-7-10;18-16-12-11(20-17(19)21-16)9(15-14(25)13(24)10(7-23)28-15)6-22(12)29(26,27)8-4-2-1-3-5-8;13-8-6-18(10-9(8)16-12(15)17-11(10)14)21(19,20)7-4-2-1-3-5-7;8-4-2-1-3-5(4)11-7(10)12-6(3)9;8-6-4-2-1-3-5(4)10-7(9)11-6/h5-10,13,16-17,27H,4H2,1-3H3;3-8,12,15-17,26H,9H2,1-2H3;1-6,10,13-15,23-25H,7H2;1-6H;2H,1H2;1,3H,2H2/t13-,16-,17-,21+;12-,15?,16-,17+;10-,13-,14-,15?;;;/m111.../s1. The van der Waals surface area contributed by atoms with E-state index in [1.165, 1.54) is 73.3 Å². The molecule has 5 N–H and O–H groups in total. The van der Waals surface area contributed by atoms with Crippen LogP contribution >= 0.6 is 171 Å². The largest absolute Gasteiger partial charge is 0.394 e. The first-order valence-electron chi connectivity index (χ1n) is 40.5. The van der Waals surface area contributed by atoms with Crippen LogP contribution in [0.2, 0.25) is 62.6 Å². The summed E-state index contributed by atoms with van der Waals surface area (Å²) >= 11 is 78.2. The highest BCUT2D eigenvalue weighted by atomic mass is 79.9. The summed E-state index contributed by atoms with van der Waals surface area (Å²) in [7, 11) is -16.1. The fourth-order valence-electron chi connectivity index (χ4n) is 16.0. The van der Waals surface area contributed by atoms with Crippen LogP contribution in [-0.4, -0.2) is 215 Å². The zero-order valence-corrected chi connectivity index (χ0v) is 86.4. The number of nitrogens with zero attached hydrogens (tertiary/aromatic N) is 16. The minimum Gasteiger partial charge on any atom is -0.394 e. The predicted octanol–water partition coefficient (Wildman–Crippen LogP) is 16.7. The van der Waals surface area contributed by atoms with Gasteiger partial charge in [-0.25, -0.2) is 109 Å². The Labute approximate surface area is 861 Å². The van der Waals surface area contributed by atoms with Gasteiger partial charge in [0.05, 0.1) is 60.3 Å². The van der Waals surface area contributed by atoms with Crippen molar-refractivity contribution >= 4 is 266 Å². The number of aliphatic hydroxyl groups is 5. The van der Waals surface area contributed by atoms with Crippen molar-refractivity contribution in [3.8, 4) is 0 Å². The quantitative estimate of drug-likeness (QED) is 0.0498. The molecule has 5 aliphatic heterocycles. The zero-order chi connectivity index (χ0) is 99.3. The molecule has 10 aromatic heterocycles. The Balaban J connectivity index is 0.000000124. The number of benzene rings is 4. The molecule has 0 amide bonds. The summed E-state index contributed by atoms with van der Waals surface area (Å²) in [6.07, 6.45) is 3.54. The highest BCUT2D eigenvalue weighted by Gasteiger charge is 2.64. The van der Waals surface area contributed by atoms with Crippen LogP contribution < -0.4 is 0 Å². The van der Waals surface area contributed by atoms with Gasteiger partial charge in [-0.1, -0.05) is 161 Å². The number of rotatable bonds is 14. The van der Waals surface area contributed by atoms with Crippen LogP contribution in [0, 0.1) is 0 Å². The Hall–Kier alpha value is -7.24. The summed E-state index contributed by atoms with van der Waals surface area (Å²) in [5, 5.41) is 51.5. The first-order chi connectivity index (χ1) is 65.2. The van der Waals surface area contributed by atoms with Gasteiger partial charge in [0.2, 0.25) is 37.5 Å². The van der Waals surface area contributed by atoms with E-state index in [1.807, 2.05) is 25.2 Å². The maximum Gasteiger partial charge on any atom is 0.268 e. The van der Waals surface area contributed by atoms with Gasteiger partial charge in [-0.15, -0.1) is 0 Å². The van der Waals surface area contributed by atoms with E-state index in [0.29, 0.717) is 32.3 Å². The van der Waals surface area contributed by atoms with Crippen molar-refractivity contribution in [3.05, 3.63) is 265 Å². The van der Waals surface area contributed by atoms with Crippen LogP contribution in [0.1, 0.15) is 92.5 Å². The molecule has 12 atom stereocenters. The zero-order valence-electron chi connectivity index (χ0n) is 70.9. The van der Waals surface area contributed by atoms with Crippen LogP contribution in [0.15, 0.2) is 182 Å². The third-order valence-corrected chi connectivity index (χ3v) is 32.7. The number of hydrogen-bond donors (Lipinski definition) is 5. The number of fused-ring (bicyclic) bond motifs is 8. The van der Waals surface area contributed by atoms with Gasteiger partial charge in [-0.3, -0.25) is 0 Å². The van der Waals surface area contributed by atoms with Gasteiger partial charge in [0.15, 0.2) is 32.2 Å². The van der Waals surface area contributed by atoms with Gasteiger partial charge in [0, 0.05) is 51.5 Å². The van der Waals surface area contributed by atoms with E-state index in [-0.39, 0.29) is 128 Å². The summed E-state index contributed by atoms with van der Waals surface area (Å²) in [4.78, 5) is 47.9. The topological polar surface area (TPSA) is 477 Å². The van der Waals surface area contributed by atoms with E-state index in [9.17, 15) is 59.2 Å². The highest BCUT2D eigenvalue weighted by Crippen LogP contribution is 2.53. The third-order valence-electron chi connectivity index (χ3n) is 22.0. The van der Waals surface area contributed by atoms with Gasteiger partial charge in [-0.2, -0.15) is 0 Å². The predicted molar refractivity (Wildman–Crippen MR) is 520 cm³/mol. The van der Waals surface area contributed by atoms with E-state index in [0.717, 1.165) is 55.7 Å². The summed E-state index contributed by atoms with van der Waals surface area (Å²) in [5.74, 6) is -3.95. The summed E-state index contributed by atoms with van der Waals surface area (Å²) in [6, 6.07) is 31.4. The van der Waals surface area contributed by atoms with Crippen molar-refractivity contribution < 1.29 is 92.4 Å². The number of allylic oxidation sites excluding steroid dienone is 2. The van der Waals surface area contributed by atoms with Gasteiger partial charge in [0.1, 0.15) is 115 Å². The molecule has 0 radical (unpaired) electrons. The Morgan fingerprint density at radius 1 is 0.406 bits per heavy atom. The molecule has 15 heterocycles. The molecule has 36 nitrogen and oxygen atoms in total. The summed E-state index contributed by atoms with van der Waals surface area (Å²) < 4.78 is 152. The van der Waals surface area contributed by atoms with Crippen LogP contribution in [0.3, 0.4) is 0 Å². The molecule has 5 saturated heterocycles. The molecule has 0 saturated carbocycles. The molecule has 138 heavy (non-hydrogen) atoms. The monoisotopic (exact) mass is 2330 g/mol. The minimum absolute atomic E-state index is 0.00405. The number of aromatic nitrogens is 16. The van der Waals surface area contributed by atoms with E-state index in [2.05, 4.69) is 91.7 Å². The lowest BCUT2D eigenvalue weighted by atomic mass is 9.98. The van der Waals surface area contributed by atoms with Crippen LogP contribution in [0.25, 0.3) is 54.7 Å². The Morgan fingerprint density at radius 2 is 0.783 bits per heavy atom.